The Balaban J connectivity index is 2.10. The summed E-state index contributed by atoms with van der Waals surface area (Å²) in [7, 11) is 0. The normalized spacial score (nSPS) is 15.7. The molecule has 0 spiro atoms. The molecule has 1 heterocycles. The molecule has 1 amide bonds. The van der Waals surface area contributed by atoms with Gasteiger partial charge in [-0.05, 0) is 18.9 Å². The van der Waals surface area contributed by atoms with E-state index < -0.39 is 0 Å². The fraction of sp³-hybridized carbons (Fsp3) is 0.562. The van der Waals surface area contributed by atoms with Crippen LogP contribution in [-0.2, 0) is 4.79 Å². The van der Waals surface area contributed by atoms with Crippen molar-refractivity contribution in [3.8, 4) is 5.75 Å². The number of rotatable bonds is 4. The summed E-state index contributed by atoms with van der Waals surface area (Å²) in [6.45, 7) is 7.76. The van der Waals surface area contributed by atoms with E-state index in [1.165, 1.54) is 0 Å². The summed E-state index contributed by atoms with van der Waals surface area (Å²) >= 11 is 0. The highest BCUT2D eigenvalue weighted by atomic mass is 16.5. The van der Waals surface area contributed by atoms with Crippen molar-refractivity contribution in [3.63, 3.8) is 0 Å². The summed E-state index contributed by atoms with van der Waals surface area (Å²) < 4.78 is 5.69. The average Bonchev–Trinajstić information content (AvgIpc) is 2.70. The predicted molar refractivity (Wildman–Crippen MR) is 85.7 cm³/mol. The summed E-state index contributed by atoms with van der Waals surface area (Å²) in [4.78, 5) is 15.7. The predicted octanol–water partition coefficient (Wildman–Crippen LogP) is 2.12. The van der Waals surface area contributed by atoms with Crippen LogP contribution in [0.25, 0.3) is 0 Å². The third-order valence-corrected chi connectivity index (χ3v) is 3.69. The highest BCUT2D eigenvalue weighted by Gasteiger charge is 2.17. The number of carbonyl (C=O) groups is 1. The minimum absolute atomic E-state index is 0.149. The summed E-state index contributed by atoms with van der Waals surface area (Å²) in [6, 6.07) is 5.87. The van der Waals surface area contributed by atoms with Gasteiger partial charge in [0.2, 0.25) is 5.91 Å². The van der Waals surface area contributed by atoms with E-state index in [9.17, 15) is 4.79 Å². The van der Waals surface area contributed by atoms with Gasteiger partial charge in [0, 0.05) is 56.6 Å². The summed E-state index contributed by atoms with van der Waals surface area (Å²) in [5, 5.41) is 0. The maximum Gasteiger partial charge on any atom is 0.219 e. The van der Waals surface area contributed by atoms with Crippen LogP contribution in [0.5, 0.6) is 5.75 Å². The summed E-state index contributed by atoms with van der Waals surface area (Å²) in [6.07, 6.45) is 1.95. The molecule has 0 unspecified atom stereocenters. The van der Waals surface area contributed by atoms with E-state index in [0.717, 1.165) is 50.5 Å². The van der Waals surface area contributed by atoms with Crippen LogP contribution in [0.15, 0.2) is 18.2 Å². The Morgan fingerprint density at radius 3 is 2.76 bits per heavy atom. The second kappa shape index (κ2) is 7.20. The van der Waals surface area contributed by atoms with Gasteiger partial charge in [-0.25, -0.2) is 0 Å². The minimum atomic E-state index is 0.149. The van der Waals surface area contributed by atoms with Crippen molar-refractivity contribution in [2.75, 3.05) is 43.4 Å². The number of anilines is 2. The zero-order chi connectivity index (χ0) is 15.2. The minimum Gasteiger partial charge on any atom is -0.493 e. The number of ether oxygens (including phenoxy) is 1. The average molecular weight is 291 g/mol. The summed E-state index contributed by atoms with van der Waals surface area (Å²) in [5.74, 6) is 0.968. The van der Waals surface area contributed by atoms with Crippen LogP contribution in [0.2, 0.25) is 0 Å². The van der Waals surface area contributed by atoms with Gasteiger partial charge in [0.1, 0.15) is 5.75 Å². The smallest absolute Gasteiger partial charge is 0.219 e. The Morgan fingerprint density at radius 1 is 1.24 bits per heavy atom. The van der Waals surface area contributed by atoms with Crippen molar-refractivity contribution in [3.05, 3.63) is 18.2 Å². The first-order valence-corrected chi connectivity index (χ1v) is 7.64. The Kier molecular flexibility index (Phi) is 5.31. The van der Waals surface area contributed by atoms with Gasteiger partial charge in [0.25, 0.3) is 0 Å². The second-order valence-corrected chi connectivity index (χ2v) is 5.46. The molecule has 0 saturated carbocycles. The molecule has 1 fully saturated rings. The lowest BCUT2D eigenvalue weighted by atomic mass is 10.2. The topological polar surface area (TPSA) is 58.8 Å². The van der Waals surface area contributed by atoms with E-state index in [0.29, 0.717) is 12.3 Å². The number of hydrogen-bond acceptors (Lipinski definition) is 4. The van der Waals surface area contributed by atoms with Crippen LogP contribution in [0, 0.1) is 0 Å². The van der Waals surface area contributed by atoms with E-state index in [-0.39, 0.29) is 5.91 Å². The molecule has 2 N–H and O–H groups in total. The standard InChI is InChI=1S/C16H25N3O2/c1-3-9-21-16-11-14(17)10-15(12-16)19-6-4-5-18(7-8-19)13(2)20/h10-12H,3-9,17H2,1-2H3. The van der Waals surface area contributed by atoms with Crippen LogP contribution in [0.3, 0.4) is 0 Å². The molecule has 1 aromatic rings. The lowest BCUT2D eigenvalue weighted by molar-refractivity contribution is -0.128. The van der Waals surface area contributed by atoms with E-state index >= 15 is 0 Å². The summed E-state index contributed by atoms with van der Waals surface area (Å²) in [5.41, 5.74) is 7.77. The maximum atomic E-state index is 11.5. The van der Waals surface area contributed by atoms with Crippen LogP contribution in [0.4, 0.5) is 11.4 Å². The molecule has 21 heavy (non-hydrogen) atoms. The van der Waals surface area contributed by atoms with Gasteiger partial charge < -0.3 is 20.3 Å². The molecular formula is C16H25N3O2. The number of benzene rings is 1. The highest BCUT2D eigenvalue weighted by Crippen LogP contribution is 2.26. The largest absolute Gasteiger partial charge is 0.493 e. The number of hydrogen-bond donors (Lipinski definition) is 1. The maximum absolute atomic E-state index is 11.5. The third-order valence-electron chi connectivity index (χ3n) is 3.69. The van der Waals surface area contributed by atoms with Crippen LogP contribution >= 0.6 is 0 Å². The molecular weight excluding hydrogens is 266 g/mol. The van der Waals surface area contributed by atoms with Gasteiger partial charge in [0.05, 0.1) is 6.61 Å². The molecule has 0 aliphatic carbocycles. The molecule has 1 aromatic carbocycles. The van der Waals surface area contributed by atoms with E-state index in [1.54, 1.807) is 6.92 Å². The van der Waals surface area contributed by atoms with Gasteiger partial charge >= 0.3 is 0 Å². The van der Waals surface area contributed by atoms with Crippen LogP contribution < -0.4 is 15.4 Å². The SMILES string of the molecule is CCCOc1cc(N)cc(N2CCCN(C(C)=O)CC2)c1. The molecule has 1 aliphatic heterocycles. The first kappa shape index (κ1) is 15.5. The van der Waals surface area contributed by atoms with E-state index in [4.69, 9.17) is 10.5 Å². The van der Waals surface area contributed by atoms with Crippen molar-refractivity contribution in [2.24, 2.45) is 0 Å². The van der Waals surface area contributed by atoms with E-state index in [2.05, 4.69) is 11.8 Å². The lowest BCUT2D eigenvalue weighted by Crippen LogP contribution is -2.33. The molecule has 5 nitrogen and oxygen atoms in total. The number of amides is 1. The van der Waals surface area contributed by atoms with Crippen molar-refractivity contribution >= 4 is 17.3 Å². The first-order chi connectivity index (χ1) is 10.1. The second-order valence-electron chi connectivity index (χ2n) is 5.46. The fourth-order valence-electron chi connectivity index (χ4n) is 2.58. The molecule has 5 heteroatoms. The molecule has 2 rings (SSSR count). The molecule has 116 valence electrons. The fourth-order valence-corrected chi connectivity index (χ4v) is 2.58. The highest BCUT2D eigenvalue weighted by molar-refractivity contribution is 5.73. The van der Waals surface area contributed by atoms with Gasteiger partial charge in [0.15, 0.2) is 0 Å². The first-order valence-electron chi connectivity index (χ1n) is 7.64. The van der Waals surface area contributed by atoms with Crippen LogP contribution in [-0.4, -0.2) is 43.6 Å². The van der Waals surface area contributed by atoms with Crippen molar-refractivity contribution in [1.29, 1.82) is 0 Å². The zero-order valence-corrected chi connectivity index (χ0v) is 13.0. The van der Waals surface area contributed by atoms with Crippen molar-refractivity contribution in [2.45, 2.75) is 26.7 Å². The number of carbonyl (C=O) groups excluding carboxylic acids is 1. The number of nitrogens with zero attached hydrogens (tertiary/aromatic N) is 2. The van der Waals surface area contributed by atoms with Gasteiger partial charge in [-0.1, -0.05) is 6.92 Å². The van der Waals surface area contributed by atoms with Crippen molar-refractivity contribution in [1.82, 2.24) is 4.90 Å². The van der Waals surface area contributed by atoms with E-state index in [1.807, 2.05) is 23.1 Å². The zero-order valence-electron chi connectivity index (χ0n) is 13.0. The third kappa shape index (κ3) is 4.28. The van der Waals surface area contributed by atoms with Gasteiger partial charge in [-0.2, -0.15) is 0 Å². The molecule has 1 aliphatic rings. The molecule has 0 aromatic heterocycles. The quantitative estimate of drug-likeness (QED) is 0.863. The van der Waals surface area contributed by atoms with Gasteiger partial charge in [-0.15, -0.1) is 0 Å². The van der Waals surface area contributed by atoms with Crippen molar-refractivity contribution < 1.29 is 9.53 Å². The Labute approximate surface area is 126 Å². The Morgan fingerprint density at radius 2 is 2.05 bits per heavy atom. The number of nitrogen functional groups attached to an aromatic ring is 1. The monoisotopic (exact) mass is 291 g/mol. The number of nitrogens with two attached hydrogens (primary N) is 1. The lowest BCUT2D eigenvalue weighted by Gasteiger charge is -2.24. The molecule has 0 radical (unpaired) electrons. The Hall–Kier alpha value is -1.91. The molecule has 0 atom stereocenters. The Bertz CT molecular complexity index is 490. The van der Waals surface area contributed by atoms with Crippen LogP contribution in [0.1, 0.15) is 26.7 Å². The van der Waals surface area contributed by atoms with Gasteiger partial charge in [-0.3, -0.25) is 4.79 Å². The molecule has 1 saturated heterocycles. The molecule has 0 bridgehead atoms.